The van der Waals surface area contributed by atoms with Crippen LogP contribution in [0.1, 0.15) is 56.7 Å². The first-order valence-electron chi connectivity index (χ1n) is 8.62. The summed E-state index contributed by atoms with van der Waals surface area (Å²) in [5, 5.41) is 4.70. The standard InChI is InChI=1S/C17H30N4/c1-12(18)11-15-13(2)19-20(3)17(15)21-10-6-8-14-7-4-5-9-16(14)21/h12,14,16H,4-11,18H2,1-3H3. The van der Waals surface area contributed by atoms with Crippen LogP contribution >= 0.6 is 0 Å². The Balaban J connectivity index is 1.94. The lowest BCUT2D eigenvalue weighted by Crippen LogP contribution is -2.48. The number of nitrogens with two attached hydrogens (primary N) is 1. The molecular weight excluding hydrogens is 260 g/mol. The molecule has 21 heavy (non-hydrogen) atoms. The average molecular weight is 290 g/mol. The first-order valence-corrected chi connectivity index (χ1v) is 8.62. The van der Waals surface area contributed by atoms with Gasteiger partial charge < -0.3 is 10.6 Å². The number of hydrogen-bond acceptors (Lipinski definition) is 3. The Morgan fingerprint density at radius 3 is 2.71 bits per heavy atom. The van der Waals surface area contributed by atoms with E-state index in [4.69, 9.17) is 10.8 Å². The molecule has 1 aliphatic heterocycles. The number of aryl methyl sites for hydroxylation is 2. The smallest absolute Gasteiger partial charge is 0.130 e. The molecule has 4 nitrogen and oxygen atoms in total. The van der Waals surface area contributed by atoms with E-state index in [-0.39, 0.29) is 6.04 Å². The summed E-state index contributed by atoms with van der Waals surface area (Å²) in [5.41, 5.74) is 8.61. The molecule has 2 N–H and O–H groups in total. The van der Waals surface area contributed by atoms with Gasteiger partial charge in [0.25, 0.3) is 0 Å². The monoisotopic (exact) mass is 290 g/mol. The predicted molar refractivity (Wildman–Crippen MR) is 87.6 cm³/mol. The fraction of sp³-hybridized carbons (Fsp3) is 0.824. The Morgan fingerprint density at radius 2 is 1.95 bits per heavy atom. The third-order valence-electron chi connectivity index (χ3n) is 5.35. The number of hydrogen-bond donors (Lipinski definition) is 1. The fourth-order valence-electron chi connectivity index (χ4n) is 4.50. The average Bonchev–Trinajstić information content (AvgIpc) is 2.72. The summed E-state index contributed by atoms with van der Waals surface area (Å²) in [6.45, 7) is 5.41. The summed E-state index contributed by atoms with van der Waals surface area (Å²) in [5.74, 6) is 2.24. The number of nitrogens with zero attached hydrogens (tertiary/aromatic N) is 3. The highest BCUT2D eigenvalue weighted by Crippen LogP contribution is 2.39. The zero-order chi connectivity index (χ0) is 15.0. The molecule has 0 radical (unpaired) electrons. The van der Waals surface area contributed by atoms with Crippen LogP contribution < -0.4 is 10.6 Å². The Kier molecular flexibility index (Phi) is 4.25. The van der Waals surface area contributed by atoms with E-state index in [2.05, 4.69) is 30.5 Å². The van der Waals surface area contributed by atoms with E-state index in [1.807, 2.05) is 0 Å². The SMILES string of the molecule is Cc1nn(C)c(N2CCCC3CCCCC32)c1CC(C)N. The van der Waals surface area contributed by atoms with Crippen molar-refractivity contribution in [3.63, 3.8) is 0 Å². The third-order valence-corrected chi connectivity index (χ3v) is 5.35. The zero-order valence-electron chi connectivity index (χ0n) is 13.8. The second kappa shape index (κ2) is 5.99. The molecule has 1 aliphatic carbocycles. The molecule has 2 fully saturated rings. The highest BCUT2D eigenvalue weighted by molar-refractivity contribution is 5.52. The largest absolute Gasteiger partial charge is 0.353 e. The first kappa shape index (κ1) is 14.9. The summed E-state index contributed by atoms with van der Waals surface area (Å²) in [6, 6.07) is 0.924. The molecular formula is C17H30N4. The molecule has 0 bridgehead atoms. The van der Waals surface area contributed by atoms with Crippen molar-refractivity contribution >= 4 is 5.82 Å². The van der Waals surface area contributed by atoms with Crippen LogP contribution in [-0.4, -0.2) is 28.4 Å². The topological polar surface area (TPSA) is 47.1 Å². The van der Waals surface area contributed by atoms with Gasteiger partial charge in [-0.1, -0.05) is 12.8 Å². The summed E-state index contributed by atoms with van der Waals surface area (Å²) in [7, 11) is 2.10. The molecule has 2 aliphatic rings. The number of rotatable bonds is 3. The number of anilines is 1. The molecule has 118 valence electrons. The van der Waals surface area contributed by atoms with Crippen molar-refractivity contribution in [3.05, 3.63) is 11.3 Å². The molecule has 1 aromatic rings. The van der Waals surface area contributed by atoms with Crippen molar-refractivity contribution in [1.29, 1.82) is 0 Å². The van der Waals surface area contributed by atoms with Gasteiger partial charge in [0.1, 0.15) is 5.82 Å². The number of piperidine rings is 1. The summed E-state index contributed by atoms with van der Waals surface area (Å²) in [4.78, 5) is 2.67. The van der Waals surface area contributed by atoms with Gasteiger partial charge in [0.15, 0.2) is 0 Å². The molecule has 3 atom stereocenters. The Bertz CT molecular complexity index is 489. The minimum Gasteiger partial charge on any atom is -0.353 e. The molecule has 0 spiro atoms. The van der Waals surface area contributed by atoms with E-state index in [1.165, 1.54) is 56.5 Å². The minimum atomic E-state index is 0.193. The van der Waals surface area contributed by atoms with Crippen LogP contribution in [0.5, 0.6) is 0 Å². The van der Waals surface area contributed by atoms with Crippen molar-refractivity contribution in [2.45, 2.75) is 70.9 Å². The maximum absolute atomic E-state index is 6.08. The molecule has 1 saturated carbocycles. The molecule has 1 aromatic heterocycles. The maximum Gasteiger partial charge on any atom is 0.130 e. The molecule has 0 aromatic carbocycles. The fourth-order valence-corrected chi connectivity index (χ4v) is 4.50. The van der Waals surface area contributed by atoms with E-state index in [9.17, 15) is 0 Å². The van der Waals surface area contributed by atoms with Gasteiger partial charge >= 0.3 is 0 Å². The van der Waals surface area contributed by atoms with E-state index >= 15 is 0 Å². The molecule has 3 rings (SSSR count). The van der Waals surface area contributed by atoms with Crippen LogP contribution in [0.2, 0.25) is 0 Å². The van der Waals surface area contributed by atoms with Gasteiger partial charge in [-0.2, -0.15) is 5.10 Å². The van der Waals surface area contributed by atoms with E-state index in [0.717, 1.165) is 24.1 Å². The van der Waals surface area contributed by atoms with E-state index < -0.39 is 0 Å². The van der Waals surface area contributed by atoms with Crippen LogP contribution in [0.25, 0.3) is 0 Å². The van der Waals surface area contributed by atoms with Gasteiger partial charge in [0, 0.05) is 31.2 Å². The molecule has 0 amide bonds. The highest BCUT2D eigenvalue weighted by Gasteiger charge is 2.35. The van der Waals surface area contributed by atoms with E-state index in [0.29, 0.717) is 0 Å². The molecule has 3 unspecified atom stereocenters. The lowest BCUT2D eigenvalue weighted by atomic mass is 9.78. The van der Waals surface area contributed by atoms with Crippen molar-refractivity contribution in [1.82, 2.24) is 9.78 Å². The number of fused-ring (bicyclic) bond motifs is 1. The maximum atomic E-state index is 6.08. The Morgan fingerprint density at radius 1 is 1.24 bits per heavy atom. The van der Waals surface area contributed by atoms with Gasteiger partial charge in [-0.3, -0.25) is 4.68 Å². The first-order chi connectivity index (χ1) is 10.1. The van der Waals surface area contributed by atoms with Crippen LogP contribution in [0, 0.1) is 12.8 Å². The second-order valence-electron chi connectivity index (χ2n) is 7.14. The van der Waals surface area contributed by atoms with Gasteiger partial charge in [0.2, 0.25) is 0 Å². The Labute approximate surface area is 128 Å². The Hall–Kier alpha value is -1.03. The molecule has 1 saturated heterocycles. The predicted octanol–water partition coefficient (Wildman–Crippen LogP) is 2.78. The van der Waals surface area contributed by atoms with Crippen LogP contribution in [0.3, 0.4) is 0 Å². The van der Waals surface area contributed by atoms with Gasteiger partial charge in [-0.15, -0.1) is 0 Å². The second-order valence-corrected chi connectivity index (χ2v) is 7.14. The van der Waals surface area contributed by atoms with Crippen molar-refractivity contribution < 1.29 is 0 Å². The van der Waals surface area contributed by atoms with E-state index in [1.54, 1.807) is 0 Å². The summed E-state index contributed by atoms with van der Waals surface area (Å²) in [6.07, 6.45) is 9.25. The summed E-state index contributed by atoms with van der Waals surface area (Å²) < 4.78 is 2.10. The van der Waals surface area contributed by atoms with Crippen molar-refractivity contribution in [2.75, 3.05) is 11.4 Å². The minimum absolute atomic E-state index is 0.193. The summed E-state index contributed by atoms with van der Waals surface area (Å²) >= 11 is 0. The third kappa shape index (κ3) is 2.83. The number of aromatic nitrogens is 2. The van der Waals surface area contributed by atoms with Crippen molar-refractivity contribution in [2.24, 2.45) is 18.7 Å². The van der Waals surface area contributed by atoms with Gasteiger partial charge in [-0.25, -0.2) is 0 Å². The molecule has 2 heterocycles. The lowest BCUT2D eigenvalue weighted by Gasteiger charge is -2.45. The van der Waals surface area contributed by atoms with Gasteiger partial charge in [-0.05, 0) is 51.9 Å². The van der Waals surface area contributed by atoms with Crippen molar-refractivity contribution in [3.8, 4) is 0 Å². The lowest BCUT2D eigenvalue weighted by molar-refractivity contribution is 0.241. The van der Waals surface area contributed by atoms with Crippen LogP contribution in [0.15, 0.2) is 0 Å². The zero-order valence-corrected chi connectivity index (χ0v) is 13.8. The van der Waals surface area contributed by atoms with Crippen LogP contribution in [-0.2, 0) is 13.5 Å². The normalized spacial score (nSPS) is 27.5. The molecule has 4 heteroatoms. The highest BCUT2D eigenvalue weighted by atomic mass is 15.4. The van der Waals surface area contributed by atoms with Gasteiger partial charge in [0.05, 0.1) is 5.69 Å². The quantitative estimate of drug-likeness (QED) is 0.931. The van der Waals surface area contributed by atoms with Crippen LogP contribution in [0.4, 0.5) is 5.82 Å².